The Kier molecular flexibility index (Phi) is 5.41. The molecule has 0 amide bonds. The fourth-order valence-corrected chi connectivity index (χ4v) is 2.46. The van der Waals surface area contributed by atoms with Crippen LogP contribution in [-0.2, 0) is 13.0 Å². The van der Waals surface area contributed by atoms with E-state index in [1.165, 1.54) is 11.9 Å². The topological polar surface area (TPSA) is 39.1 Å². The van der Waals surface area contributed by atoms with E-state index in [-0.39, 0.29) is 0 Å². The number of hydrogen-bond donors (Lipinski definition) is 1. The van der Waals surface area contributed by atoms with Crippen LogP contribution in [-0.4, -0.2) is 29.2 Å². The molecule has 1 heterocycles. The van der Waals surface area contributed by atoms with E-state index in [0.717, 1.165) is 43.1 Å². The van der Waals surface area contributed by atoms with Crippen LogP contribution in [0.1, 0.15) is 33.0 Å². The van der Waals surface area contributed by atoms with Crippen molar-refractivity contribution < 1.29 is 4.74 Å². The zero-order valence-electron chi connectivity index (χ0n) is 12.8. The first-order valence-corrected chi connectivity index (χ1v) is 7.62. The van der Waals surface area contributed by atoms with Crippen LogP contribution < -0.4 is 10.1 Å². The monoisotopic (exact) mass is 275 g/mol. The second kappa shape index (κ2) is 7.29. The number of ether oxygens (including phenoxy) is 1. The highest BCUT2D eigenvalue weighted by atomic mass is 16.5. The lowest BCUT2D eigenvalue weighted by Crippen LogP contribution is -2.19. The van der Waals surface area contributed by atoms with Gasteiger partial charge in [0.05, 0.1) is 17.6 Å². The minimum atomic E-state index is 0.688. The van der Waals surface area contributed by atoms with E-state index in [1.807, 2.05) is 19.1 Å². The Morgan fingerprint density at radius 2 is 2.05 bits per heavy atom. The third kappa shape index (κ3) is 3.31. The zero-order chi connectivity index (χ0) is 14.4. The number of nitrogens with one attached hydrogen (secondary N) is 1. The summed E-state index contributed by atoms with van der Waals surface area (Å²) in [6, 6.07) is 6.17. The van der Waals surface area contributed by atoms with Crippen molar-refractivity contribution in [1.82, 2.24) is 14.9 Å². The van der Waals surface area contributed by atoms with Crippen LogP contribution in [0.15, 0.2) is 18.2 Å². The molecule has 0 unspecified atom stereocenters. The van der Waals surface area contributed by atoms with E-state index < -0.39 is 0 Å². The minimum Gasteiger partial charge on any atom is -0.494 e. The summed E-state index contributed by atoms with van der Waals surface area (Å²) in [5, 5.41) is 3.43. The lowest BCUT2D eigenvalue weighted by Gasteiger charge is -2.07. The summed E-state index contributed by atoms with van der Waals surface area (Å²) < 4.78 is 7.84. The van der Waals surface area contributed by atoms with Gasteiger partial charge in [0.25, 0.3) is 0 Å². The van der Waals surface area contributed by atoms with Gasteiger partial charge >= 0.3 is 0 Å². The molecule has 4 nitrogen and oxygen atoms in total. The van der Waals surface area contributed by atoms with Crippen molar-refractivity contribution in [2.75, 3.05) is 19.7 Å². The molecule has 0 atom stereocenters. The number of aryl methyl sites for hydroxylation is 1. The molecule has 0 bridgehead atoms. The summed E-state index contributed by atoms with van der Waals surface area (Å²) in [7, 11) is 0. The third-order valence-electron chi connectivity index (χ3n) is 3.38. The van der Waals surface area contributed by atoms with Crippen molar-refractivity contribution >= 4 is 11.0 Å². The summed E-state index contributed by atoms with van der Waals surface area (Å²) >= 11 is 0. The summed E-state index contributed by atoms with van der Waals surface area (Å²) in [6.45, 7) is 10.0. The summed E-state index contributed by atoms with van der Waals surface area (Å²) in [5.74, 6) is 2.05. The molecule has 0 saturated carbocycles. The van der Waals surface area contributed by atoms with Gasteiger partial charge in [-0.1, -0.05) is 6.92 Å². The zero-order valence-corrected chi connectivity index (χ0v) is 12.8. The van der Waals surface area contributed by atoms with Crippen LogP contribution >= 0.6 is 0 Å². The van der Waals surface area contributed by atoms with E-state index in [0.29, 0.717) is 6.61 Å². The smallest absolute Gasteiger partial charge is 0.121 e. The number of hydrogen-bond acceptors (Lipinski definition) is 3. The number of rotatable bonds is 8. The number of nitrogens with zero attached hydrogens (tertiary/aromatic N) is 2. The quantitative estimate of drug-likeness (QED) is 0.753. The molecule has 1 aromatic heterocycles. The summed E-state index contributed by atoms with van der Waals surface area (Å²) in [6.07, 6.45) is 2.13. The molecule has 0 spiro atoms. The van der Waals surface area contributed by atoms with Crippen LogP contribution in [0, 0.1) is 0 Å². The van der Waals surface area contributed by atoms with Gasteiger partial charge in [-0.25, -0.2) is 4.98 Å². The average Bonchev–Trinajstić information content (AvgIpc) is 2.80. The van der Waals surface area contributed by atoms with Gasteiger partial charge in [-0.3, -0.25) is 0 Å². The van der Waals surface area contributed by atoms with Gasteiger partial charge in [-0.05, 0) is 38.9 Å². The van der Waals surface area contributed by atoms with Crippen LogP contribution in [0.3, 0.4) is 0 Å². The van der Waals surface area contributed by atoms with Gasteiger partial charge in [0.2, 0.25) is 0 Å². The molecule has 0 aliphatic rings. The van der Waals surface area contributed by atoms with Crippen molar-refractivity contribution in [3.05, 3.63) is 24.0 Å². The Hall–Kier alpha value is -1.55. The van der Waals surface area contributed by atoms with Gasteiger partial charge in [0.15, 0.2) is 0 Å². The maximum Gasteiger partial charge on any atom is 0.121 e. The standard InChI is InChI=1S/C16H25N3O/c1-4-10-17-11-9-16-18-14-12-13(20-6-3)7-8-15(14)19(16)5-2/h7-8,12,17H,4-6,9-11H2,1-3H3. The molecule has 1 aromatic carbocycles. The van der Waals surface area contributed by atoms with Crippen LogP contribution in [0.25, 0.3) is 11.0 Å². The average molecular weight is 275 g/mol. The molecule has 2 rings (SSSR count). The predicted molar refractivity (Wildman–Crippen MR) is 83.4 cm³/mol. The SMILES string of the molecule is CCCNCCc1nc2cc(OCC)ccc2n1CC. The predicted octanol–water partition coefficient (Wildman–Crippen LogP) is 3.00. The molecule has 2 aromatic rings. The fraction of sp³-hybridized carbons (Fsp3) is 0.562. The van der Waals surface area contributed by atoms with Crippen molar-refractivity contribution in [2.24, 2.45) is 0 Å². The molecule has 0 aliphatic heterocycles. The fourth-order valence-electron chi connectivity index (χ4n) is 2.46. The highest BCUT2D eigenvalue weighted by molar-refractivity contribution is 5.77. The van der Waals surface area contributed by atoms with Gasteiger partial charge in [-0.15, -0.1) is 0 Å². The van der Waals surface area contributed by atoms with E-state index in [1.54, 1.807) is 0 Å². The Morgan fingerprint density at radius 3 is 2.75 bits per heavy atom. The molecule has 4 heteroatoms. The maximum absolute atomic E-state index is 5.55. The normalized spacial score (nSPS) is 11.2. The maximum atomic E-state index is 5.55. The van der Waals surface area contributed by atoms with Gasteiger partial charge in [0, 0.05) is 25.6 Å². The molecular weight excluding hydrogens is 250 g/mol. The van der Waals surface area contributed by atoms with E-state index in [2.05, 4.69) is 29.8 Å². The van der Waals surface area contributed by atoms with Crippen LogP contribution in [0.2, 0.25) is 0 Å². The van der Waals surface area contributed by atoms with Crippen molar-refractivity contribution in [1.29, 1.82) is 0 Å². The number of fused-ring (bicyclic) bond motifs is 1. The van der Waals surface area contributed by atoms with Crippen molar-refractivity contribution in [2.45, 2.75) is 40.2 Å². The molecule has 0 fully saturated rings. The van der Waals surface area contributed by atoms with Gasteiger partial charge in [0.1, 0.15) is 11.6 Å². The van der Waals surface area contributed by atoms with E-state index >= 15 is 0 Å². The number of imidazole rings is 1. The van der Waals surface area contributed by atoms with Gasteiger partial charge < -0.3 is 14.6 Å². The van der Waals surface area contributed by atoms with E-state index in [4.69, 9.17) is 9.72 Å². The molecule has 0 saturated heterocycles. The molecule has 0 aliphatic carbocycles. The molecule has 1 N–H and O–H groups in total. The first-order chi connectivity index (χ1) is 9.80. The van der Waals surface area contributed by atoms with Crippen molar-refractivity contribution in [3.63, 3.8) is 0 Å². The highest BCUT2D eigenvalue weighted by Crippen LogP contribution is 2.22. The third-order valence-corrected chi connectivity index (χ3v) is 3.38. The molecule has 0 radical (unpaired) electrons. The van der Waals surface area contributed by atoms with Crippen LogP contribution in [0.4, 0.5) is 0 Å². The van der Waals surface area contributed by atoms with Gasteiger partial charge in [-0.2, -0.15) is 0 Å². The second-order valence-electron chi connectivity index (χ2n) is 4.86. The molecule has 20 heavy (non-hydrogen) atoms. The Morgan fingerprint density at radius 1 is 1.20 bits per heavy atom. The van der Waals surface area contributed by atoms with E-state index in [9.17, 15) is 0 Å². The molecule has 110 valence electrons. The Labute approximate surface area is 121 Å². The molecular formula is C16H25N3O. The first kappa shape index (κ1) is 14.9. The summed E-state index contributed by atoms with van der Waals surface area (Å²) in [4.78, 5) is 4.77. The summed E-state index contributed by atoms with van der Waals surface area (Å²) in [5.41, 5.74) is 2.23. The lowest BCUT2D eigenvalue weighted by molar-refractivity contribution is 0.340. The van der Waals surface area contributed by atoms with Crippen molar-refractivity contribution in [3.8, 4) is 5.75 Å². The lowest BCUT2D eigenvalue weighted by atomic mass is 10.3. The highest BCUT2D eigenvalue weighted by Gasteiger charge is 2.10. The number of aromatic nitrogens is 2. The first-order valence-electron chi connectivity index (χ1n) is 7.62. The minimum absolute atomic E-state index is 0.688. The largest absolute Gasteiger partial charge is 0.494 e. The Balaban J connectivity index is 2.20. The second-order valence-corrected chi connectivity index (χ2v) is 4.86. The van der Waals surface area contributed by atoms with Crippen LogP contribution in [0.5, 0.6) is 5.75 Å². The number of benzene rings is 1. The Bertz CT molecular complexity index is 548.